The maximum absolute atomic E-state index is 8.75. The van der Waals surface area contributed by atoms with E-state index in [9.17, 15) is 0 Å². The average molecular weight is 177 g/mol. The lowest BCUT2D eigenvalue weighted by Crippen LogP contribution is -2.05. The number of nitriles is 1. The molecule has 0 fully saturated rings. The molecule has 0 saturated carbocycles. The molecule has 0 saturated heterocycles. The summed E-state index contributed by atoms with van der Waals surface area (Å²) in [6, 6.07) is 11.2. The minimum Gasteiger partial charge on any atom is -0.394 e. The number of nitrogens with zero attached hydrogens (tertiary/aromatic N) is 1. The molecule has 0 bridgehead atoms. The lowest BCUT2D eigenvalue weighted by molar-refractivity contribution is 0.0581. The van der Waals surface area contributed by atoms with Gasteiger partial charge >= 0.3 is 0 Å². The summed E-state index contributed by atoms with van der Waals surface area (Å²) >= 11 is 0. The van der Waals surface area contributed by atoms with Crippen LogP contribution < -0.4 is 0 Å². The van der Waals surface area contributed by atoms with Crippen molar-refractivity contribution >= 4 is 0 Å². The van der Waals surface area contributed by atoms with Gasteiger partial charge in [0.05, 0.1) is 19.3 Å². The first-order valence-corrected chi connectivity index (χ1v) is 4.05. The molecule has 0 unspecified atom stereocenters. The Morgan fingerprint density at radius 1 is 1.38 bits per heavy atom. The SMILES string of the molecule is N#C[C@@H](OCCO)c1ccccc1. The van der Waals surface area contributed by atoms with Crippen LogP contribution in [0.1, 0.15) is 11.7 Å². The predicted octanol–water partition coefficient (Wildman–Crippen LogP) is 1.26. The van der Waals surface area contributed by atoms with E-state index in [2.05, 4.69) is 0 Å². The van der Waals surface area contributed by atoms with Crippen molar-refractivity contribution in [3.8, 4) is 6.07 Å². The molecule has 1 N–H and O–H groups in total. The third-order valence-electron chi connectivity index (χ3n) is 1.60. The molecule has 3 heteroatoms. The smallest absolute Gasteiger partial charge is 0.169 e. The van der Waals surface area contributed by atoms with Gasteiger partial charge in [0.25, 0.3) is 0 Å². The van der Waals surface area contributed by atoms with E-state index in [0.29, 0.717) is 0 Å². The van der Waals surface area contributed by atoms with Crippen molar-refractivity contribution in [1.29, 1.82) is 5.26 Å². The molecule has 0 aliphatic heterocycles. The van der Waals surface area contributed by atoms with Gasteiger partial charge in [-0.2, -0.15) is 5.26 Å². The first-order chi connectivity index (χ1) is 6.38. The van der Waals surface area contributed by atoms with E-state index in [1.165, 1.54) is 0 Å². The van der Waals surface area contributed by atoms with Crippen molar-refractivity contribution < 1.29 is 9.84 Å². The number of rotatable bonds is 4. The second-order valence-corrected chi connectivity index (χ2v) is 2.51. The number of aliphatic hydroxyl groups excluding tert-OH is 1. The van der Waals surface area contributed by atoms with Gasteiger partial charge in [-0.15, -0.1) is 0 Å². The highest BCUT2D eigenvalue weighted by Gasteiger charge is 2.08. The molecule has 3 nitrogen and oxygen atoms in total. The Bertz CT molecular complexity index is 279. The lowest BCUT2D eigenvalue weighted by Gasteiger charge is -2.08. The van der Waals surface area contributed by atoms with Crippen LogP contribution in [0.25, 0.3) is 0 Å². The fraction of sp³-hybridized carbons (Fsp3) is 0.300. The predicted molar refractivity (Wildman–Crippen MR) is 47.8 cm³/mol. The van der Waals surface area contributed by atoms with Gasteiger partial charge in [-0.25, -0.2) is 0 Å². The average Bonchev–Trinajstić information content (AvgIpc) is 2.21. The molecule has 1 aromatic carbocycles. The van der Waals surface area contributed by atoms with Gasteiger partial charge in [0, 0.05) is 0 Å². The summed E-state index contributed by atoms with van der Waals surface area (Å²) in [5.41, 5.74) is 0.818. The molecule has 1 aromatic rings. The summed E-state index contributed by atoms with van der Waals surface area (Å²) in [7, 11) is 0. The molecule has 13 heavy (non-hydrogen) atoms. The van der Waals surface area contributed by atoms with Crippen molar-refractivity contribution in [1.82, 2.24) is 0 Å². The number of hydrogen-bond acceptors (Lipinski definition) is 3. The summed E-state index contributed by atoms with van der Waals surface area (Å²) < 4.78 is 5.12. The molecule has 0 aromatic heterocycles. The first-order valence-electron chi connectivity index (χ1n) is 4.05. The fourth-order valence-corrected chi connectivity index (χ4v) is 1.01. The summed E-state index contributed by atoms with van der Waals surface area (Å²) in [4.78, 5) is 0. The van der Waals surface area contributed by atoms with Crippen LogP contribution in [0.15, 0.2) is 30.3 Å². The zero-order valence-electron chi connectivity index (χ0n) is 7.18. The maximum atomic E-state index is 8.75. The summed E-state index contributed by atoms with van der Waals surface area (Å²) in [6.45, 7) is 0.123. The number of aliphatic hydroxyl groups is 1. The van der Waals surface area contributed by atoms with Crippen LogP contribution >= 0.6 is 0 Å². The van der Waals surface area contributed by atoms with Crippen molar-refractivity contribution in [2.45, 2.75) is 6.10 Å². The van der Waals surface area contributed by atoms with Crippen LogP contribution in [-0.4, -0.2) is 18.3 Å². The molecule has 0 aliphatic carbocycles. The summed E-state index contributed by atoms with van der Waals surface area (Å²) in [5, 5.41) is 17.3. The lowest BCUT2D eigenvalue weighted by atomic mass is 10.1. The molecular weight excluding hydrogens is 166 g/mol. The van der Waals surface area contributed by atoms with Crippen molar-refractivity contribution in [2.75, 3.05) is 13.2 Å². The van der Waals surface area contributed by atoms with E-state index in [0.717, 1.165) is 5.56 Å². The third kappa shape index (κ3) is 2.86. The van der Waals surface area contributed by atoms with Gasteiger partial charge in [0.2, 0.25) is 0 Å². The largest absolute Gasteiger partial charge is 0.394 e. The Morgan fingerprint density at radius 3 is 2.62 bits per heavy atom. The quantitative estimate of drug-likeness (QED) is 0.753. The Morgan fingerprint density at radius 2 is 2.08 bits per heavy atom. The minimum absolute atomic E-state index is 0.0645. The highest BCUT2D eigenvalue weighted by atomic mass is 16.5. The van der Waals surface area contributed by atoms with Gasteiger partial charge in [-0.1, -0.05) is 30.3 Å². The molecule has 0 aliphatic rings. The van der Waals surface area contributed by atoms with Gasteiger partial charge in [0.15, 0.2) is 6.10 Å². The maximum Gasteiger partial charge on any atom is 0.169 e. The zero-order valence-corrected chi connectivity index (χ0v) is 7.18. The van der Waals surface area contributed by atoms with E-state index < -0.39 is 6.10 Å². The number of hydrogen-bond donors (Lipinski definition) is 1. The first kappa shape index (κ1) is 9.72. The van der Waals surface area contributed by atoms with Crippen LogP contribution in [-0.2, 0) is 4.74 Å². The van der Waals surface area contributed by atoms with Crippen LogP contribution in [0.5, 0.6) is 0 Å². The van der Waals surface area contributed by atoms with E-state index >= 15 is 0 Å². The van der Waals surface area contributed by atoms with E-state index in [4.69, 9.17) is 15.1 Å². The van der Waals surface area contributed by atoms with E-state index in [-0.39, 0.29) is 13.2 Å². The topological polar surface area (TPSA) is 53.2 Å². The highest BCUT2D eigenvalue weighted by Crippen LogP contribution is 2.15. The van der Waals surface area contributed by atoms with Crippen molar-refractivity contribution in [3.05, 3.63) is 35.9 Å². The van der Waals surface area contributed by atoms with Crippen molar-refractivity contribution in [2.24, 2.45) is 0 Å². The molecule has 0 radical (unpaired) electrons. The Balaban J connectivity index is 2.63. The van der Waals surface area contributed by atoms with Crippen molar-refractivity contribution in [3.63, 3.8) is 0 Å². The molecule has 68 valence electrons. The Hall–Kier alpha value is -1.37. The zero-order chi connectivity index (χ0) is 9.52. The van der Waals surface area contributed by atoms with Gasteiger partial charge in [0.1, 0.15) is 0 Å². The second kappa shape index (κ2) is 5.31. The summed E-state index contributed by atoms with van der Waals surface area (Å²) in [5.74, 6) is 0. The monoisotopic (exact) mass is 177 g/mol. The highest BCUT2D eigenvalue weighted by molar-refractivity contribution is 5.21. The molecule has 0 amide bonds. The van der Waals surface area contributed by atoms with E-state index in [1.807, 2.05) is 36.4 Å². The van der Waals surface area contributed by atoms with Gasteiger partial charge in [-0.3, -0.25) is 0 Å². The fourth-order valence-electron chi connectivity index (χ4n) is 1.01. The molecule has 0 spiro atoms. The molecule has 1 atom stereocenters. The second-order valence-electron chi connectivity index (χ2n) is 2.51. The van der Waals surface area contributed by atoms with Crippen LogP contribution in [0.3, 0.4) is 0 Å². The van der Waals surface area contributed by atoms with Gasteiger partial charge < -0.3 is 9.84 Å². The Kier molecular flexibility index (Phi) is 3.97. The standard InChI is InChI=1S/C10H11NO2/c11-8-10(13-7-6-12)9-4-2-1-3-5-9/h1-5,10,12H,6-7H2/t10-/m1/s1. The minimum atomic E-state index is -0.576. The summed E-state index contributed by atoms with van der Waals surface area (Å²) in [6.07, 6.45) is -0.576. The molecule has 1 rings (SSSR count). The van der Waals surface area contributed by atoms with Crippen LogP contribution in [0.2, 0.25) is 0 Å². The van der Waals surface area contributed by atoms with Crippen LogP contribution in [0, 0.1) is 11.3 Å². The molecular formula is C10H11NO2. The Labute approximate surface area is 77.2 Å². The molecule has 0 heterocycles. The van der Waals surface area contributed by atoms with Gasteiger partial charge in [-0.05, 0) is 5.56 Å². The number of ether oxygens (including phenoxy) is 1. The van der Waals surface area contributed by atoms with Crippen LogP contribution in [0.4, 0.5) is 0 Å². The van der Waals surface area contributed by atoms with E-state index in [1.54, 1.807) is 0 Å². The number of benzene rings is 1. The normalized spacial score (nSPS) is 12.0. The third-order valence-corrected chi connectivity index (χ3v) is 1.60.